The molecule has 96 valence electrons. The maximum absolute atomic E-state index is 11.8. The minimum atomic E-state index is -0.214. The number of hydrogen-bond donors (Lipinski definition) is 2. The molecule has 0 spiro atoms. The van der Waals surface area contributed by atoms with Gasteiger partial charge in [-0.15, -0.1) is 10.2 Å². The second-order valence-electron chi connectivity index (χ2n) is 3.67. The van der Waals surface area contributed by atoms with Crippen molar-refractivity contribution in [1.82, 2.24) is 30.9 Å². The Balaban J connectivity index is 1.75. The van der Waals surface area contributed by atoms with E-state index >= 15 is 0 Å². The fraction of sp³-hybridized carbons (Fsp3) is 0.500. The maximum atomic E-state index is 11.8. The number of tetrazole rings is 1. The third-order valence-electron chi connectivity index (χ3n) is 2.43. The van der Waals surface area contributed by atoms with Crippen LogP contribution in [-0.4, -0.2) is 38.1 Å². The summed E-state index contributed by atoms with van der Waals surface area (Å²) in [5.74, 6) is 1.03. The molecule has 1 amide bonds. The zero-order valence-corrected chi connectivity index (χ0v) is 10.0. The van der Waals surface area contributed by atoms with Crippen molar-refractivity contribution in [3.63, 3.8) is 0 Å². The quantitative estimate of drug-likeness (QED) is 0.704. The number of nitrogens with one attached hydrogen (secondary N) is 2. The predicted octanol–water partition coefficient (Wildman–Crippen LogP) is 0.113. The number of H-pyrrole nitrogens is 1. The average molecular weight is 250 g/mol. The van der Waals surface area contributed by atoms with Crippen LogP contribution in [0.4, 0.5) is 0 Å². The summed E-state index contributed by atoms with van der Waals surface area (Å²) in [7, 11) is 0. The molecule has 2 heterocycles. The highest BCUT2D eigenvalue weighted by molar-refractivity contribution is 5.93. The standard InChI is InChI=1S/C10H14N6O2/c1-2-7-9(12-6-18-7)10(17)11-5-3-4-8-13-15-16-14-8/h6H,2-5H2,1H3,(H,11,17)(H,13,14,15,16). The Morgan fingerprint density at radius 1 is 1.56 bits per heavy atom. The fourth-order valence-corrected chi connectivity index (χ4v) is 1.53. The second-order valence-corrected chi connectivity index (χ2v) is 3.67. The van der Waals surface area contributed by atoms with E-state index in [-0.39, 0.29) is 5.91 Å². The molecule has 2 rings (SSSR count). The Morgan fingerprint density at radius 2 is 2.44 bits per heavy atom. The van der Waals surface area contributed by atoms with Crippen molar-refractivity contribution in [2.75, 3.05) is 6.54 Å². The third-order valence-corrected chi connectivity index (χ3v) is 2.43. The van der Waals surface area contributed by atoms with Crippen molar-refractivity contribution < 1.29 is 9.21 Å². The fourth-order valence-electron chi connectivity index (χ4n) is 1.53. The van der Waals surface area contributed by atoms with Crippen LogP contribution < -0.4 is 5.32 Å². The lowest BCUT2D eigenvalue weighted by Gasteiger charge is -2.02. The van der Waals surface area contributed by atoms with Crippen LogP contribution in [0.3, 0.4) is 0 Å². The van der Waals surface area contributed by atoms with Crippen molar-refractivity contribution in [2.45, 2.75) is 26.2 Å². The number of oxazole rings is 1. The smallest absolute Gasteiger partial charge is 0.273 e. The van der Waals surface area contributed by atoms with Gasteiger partial charge in [0.05, 0.1) is 0 Å². The summed E-state index contributed by atoms with van der Waals surface area (Å²) in [6.45, 7) is 2.44. The molecule has 0 fully saturated rings. The average Bonchev–Trinajstić information content (AvgIpc) is 3.04. The van der Waals surface area contributed by atoms with Gasteiger partial charge in [0.15, 0.2) is 17.9 Å². The first-order valence-electron chi connectivity index (χ1n) is 5.74. The largest absolute Gasteiger partial charge is 0.448 e. The highest BCUT2D eigenvalue weighted by Gasteiger charge is 2.14. The zero-order valence-electron chi connectivity index (χ0n) is 10.0. The Bertz CT molecular complexity index is 492. The number of aryl methyl sites for hydroxylation is 2. The Morgan fingerprint density at radius 3 is 3.17 bits per heavy atom. The summed E-state index contributed by atoms with van der Waals surface area (Å²) < 4.78 is 5.10. The SMILES string of the molecule is CCc1ocnc1C(=O)NCCCc1nn[nH]n1. The first-order chi connectivity index (χ1) is 8.81. The molecule has 2 aromatic rings. The lowest BCUT2D eigenvalue weighted by molar-refractivity contribution is 0.0947. The molecule has 2 N–H and O–H groups in total. The van der Waals surface area contributed by atoms with Crippen molar-refractivity contribution in [3.05, 3.63) is 23.7 Å². The van der Waals surface area contributed by atoms with Gasteiger partial charge in [-0.25, -0.2) is 4.98 Å². The summed E-state index contributed by atoms with van der Waals surface area (Å²) in [6, 6.07) is 0. The first kappa shape index (κ1) is 12.2. The van der Waals surface area contributed by atoms with Gasteiger partial charge in [0.1, 0.15) is 5.76 Å². The number of aromatic nitrogens is 5. The monoisotopic (exact) mass is 250 g/mol. The molecule has 0 unspecified atom stereocenters. The van der Waals surface area contributed by atoms with Gasteiger partial charge in [0, 0.05) is 19.4 Å². The van der Waals surface area contributed by atoms with Crippen molar-refractivity contribution in [3.8, 4) is 0 Å². The van der Waals surface area contributed by atoms with Crippen LogP contribution in [0.15, 0.2) is 10.8 Å². The van der Waals surface area contributed by atoms with E-state index in [9.17, 15) is 4.79 Å². The van der Waals surface area contributed by atoms with Crippen LogP contribution in [0, 0.1) is 0 Å². The zero-order chi connectivity index (χ0) is 12.8. The van der Waals surface area contributed by atoms with Crippen LogP contribution >= 0.6 is 0 Å². The van der Waals surface area contributed by atoms with E-state index < -0.39 is 0 Å². The molecule has 0 atom stereocenters. The highest BCUT2D eigenvalue weighted by atomic mass is 16.3. The summed E-state index contributed by atoms with van der Waals surface area (Å²) in [5, 5.41) is 16.3. The topological polar surface area (TPSA) is 110 Å². The molecule has 0 aromatic carbocycles. The van der Waals surface area contributed by atoms with E-state index in [1.807, 2.05) is 6.92 Å². The number of amides is 1. The van der Waals surface area contributed by atoms with Crippen molar-refractivity contribution in [2.24, 2.45) is 0 Å². The Hall–Kier alpha value is -2.25. The summed E-state index contributed by atoms with van der Waals surface area (Å²) in [5.41, 5.74) is 0.358. The minimum Gasteiger partial charge on any atom is -0.448 e. The van der Waals surface area contributed by atoms with Gasteiger partial charge in [-0.2, -0.15) is 5.21 Å². The van der Waals surface area contributed by atoms with Gasteiger partial charge in [0.25, 0.3) is 5.91 Å². The van der Waals surface area contributed by atoms with Crippen LogP contribution in [0.25, 0.3) is 0 Å². The van der Waals surface area contributed by atoms with Gasteiger partial charge < -0.3 is 9.73 Å². The molecule has 0 aliphatic heterocycles. The van der Waals surface area contributed by atoms with E-state index in [1.165, 1.54) is 6.39 Å². The predicted molar refractivity (Wildman–Crippen MR) is 60.7 cm³/mol. The molecule has 2 aromatic heterocycles. The maximum Gasteiger partial charge on any atom is 0.273 e. The van der Waals surface area contributed by atoms with E-state index in [2.05, 4.69) is 30.9 Å². The van der Waals surface area contributed by atoms with Crippen LogP contribution in [0.5, 0.6) is 0 Å². The number of rotatable bonds is 6. The van der Waals surface area contributed by atoms with Crippen LogP contribution in [0.2, 0.25) is 0 Å². The van der Waals surface area contributed by atoms with E-state index in [0.29, 0.717) is 36.7 Å². The van der Waals surface area contributed by atoms with Gasteiger partial charge in [-0.1, -0.05) is 12.1 Å². The van der Waals surface area contributed by atoms with E-state index in [4.69, 9.17) is 4.42 Å². The van der Waals surface area contributed by atoms with Gasteiger partial charge in [-0.3, -0.25) is 4.79 Å². The van der Waals surface area contributed by atoms with Gasteiger partial charge in [0.2, 0.25) is 0 Å². The Kier molecular flexibility index (Phi) is 4.00. The van der Waals surface area contributed by atoms with Crippen LogP contribution in [0.1, 0.15) is 35.4 Å². The molecule has 8 heteroatoms. The third kappa shape index (κ3) is 2.90. The minimum absolute atomic E-state index is 0.214. The molecule has 0 aliphatic rings. The summed E-state index contributed by atoms with van der Waals surface area (Å²) in [4.78, 5) is 15.7. The number of nitrogens with zero attached hydrogens (tertiary/aromatic N) is 4. The molecular formula is C10H14N6O2. The normalized spacial score (nSPS) is 10.5. The van der Waals surface area contributed by atoms with Gasteiger partial charge >= 0.3 is 0 Å². The molecule has 0 saturated heterocycles. The summed E-state index contributed by atoms with van der Waals surface area (Å²) in [6.07, 6.45) is 3.33. The van der Waals surface area contributed by atoms with Crippen molar-refractivity contribution >= 4 is 5.91 Å². The first-order valence-corrected chi connectivity index (χ1v) is 5.74. The summed E-state index contributed by atoms with van der Waals surface area (Å²) >= 11 is 0. The van der Waals surface area contributed by atoms with E-state index in [1.54, 1.807) is 0 Å². The number of carbonyl (C=O) groups excluding carboxylic acids is 1. The number of aromatic amines is 1. The van der Waals surface area contributed by atoms with Crippen molar-refractivity contribution in [1.29, 1.82) is 0 Å². The van der Waals surface area contributed by atoms with Crippen LogP contribution in [-0.2, 0) is 12.8 Å². The molecule has 18 heavy (non-hydrogen) atoms. The lowest BCUT2D eigenvalue weighted by Crippen LogP contribution is -2.26. The number of hydrogen-bond acceptors (Lipinski definition) is 6. The molecule has 0 aliphatic carbocycles. The highest BCUT2D eigenvalue weighted by Crippen LogP contribution is 2.06. The number of carbonyl (C=O) groups is 1. The molecule has 8 nitrogen and oxygen atoms in total. The molecule has 0 saturated carbocycles. The molecule has 0 bridgehead atoms. The Labute approximate surface area is 103 Å². The molecular weight excluding hydrogens is 236 g/mol. The lowest BCUT2D eigenvalue weighted by atomic mass is 10.2. The van der Waals surface area contributed by atoms with E-state index in [0.717, 1.165) is 6.42 Å². The molecule has 0 radical (unpaired) electrons. The second kappa shape index (κ2) is 5.89. The van der Waals surface area contributed by atoms with Gasteiger partial charge in [-0.05, 0) is 6.42 Å².